The van der Waals surface area contributed by atoms with Crippen LogP contribution in [0.15, 0.2) is 18.2 Å². The minimum absolute atomic E-state index is 0.0899. The Kier molecular flexibility index (Phi) is 5.84. The molecule has 1 amide bonds. The van der Waals surface area contributed by atoms with Gasteiger partial charge in [0.25, 0.3) is 5.91 Å². The lowest BCUT2D eigenvalue weighted by Gasteiger charge is -2.26. The summed E-state index contributed by atoms with van der Waals surface area (Å²) < 4.78 is 0.981. The standard InChI is InChI=1S/C16H22INO2/c1-11-6-5-9-13(15(11)17)16(20)18-10-14(19)12-7-3-2-4-8-12/h5-6,9,12,14,19H,2-4,7-8,10H2,1H3,(H,18,20)/t14-/m1/s1. The van der Waals surface area contributed by atoms with Crippen LogP contribution < -0.4 is 5.32 Å². The number of benzene rings is 1. The topological polar surface area (TPSA) is 49.3 Å². The zero-order chi connectivity index (χ0) is 14.5. The van der Waals surface area contributed by atoms with E-state index in [4.69, 9.17) is 0 Å². The zero-order valence-corrected chi connectivity index (χ0v) is 14.0. The van der Waals surface area contributed by atoms with E-state index in [0.29, 0.717) is 18.0 Å². The predicted molar refractivity (Wildman–Crippen MR) is 88.8 cm³/mol. The maximum Gasteiger partial charge on any atom is 0.252 e. The number of hydrogen-bond acceptors (Lipinski definition) is 2. The third-order valence-corrected chi connectivity index (χ3v) is 5.53. The van der Waals surface area contributed by atoms with Crippen molar-refractivity contribution >= 4 is 28.5 Å². The molecule has 0 aliphatic heterocycles. The average Bonchev–Trinajstić information content (AvgIpc) is 2.48. The van der Waals surface area contributed by atoms with Crippen LogP contribution in [-0.2, 0) is 0 Å². The molecule has 0 heterocycles. The molecule has 0 saturated heterocycles. The smallest absolute Gasteiger partial charge is 0.252 e. The number of amides is 1. The zero-order valence-electron chi connectivity index (χ0n) is 11.9. The molecule has 0 radical (unpaired) electrons. The van der Waals surface area contributed by atoms with E-state index in [1.165, 1.54) is 19.3 Å². The van der Waals surface area contributed by atoms with Crippen molar-refractivity contribution in [2.24, 2.45) is 5.92 Å². The normalized spacial score (nSPS) is 17.8. The van der Waals surface area contributed by atoms with E-state index in [2.05, 4.69) is 27.9 Å². The molecule has 20 heavy (non-hydrogen) atoms. The summed E-state index contributed by atoms with van der Waals surface area (Å²) in [6, 6.07) is 5.72. The van der Waals surface area contributed by atoms with Gasteiger partial charge in [-0.05, 0) is 59.9 Å². The lowest BCUT2D eigenvalue weighted by molar-refractivity contribution is 0.0738. The minimum atomic E-state index is -0.415. The number of aliphatic hydroxyl groups is 1. The second kappa shape index (κ2) is 7.41. The van der Waals surface area contributed by atoms with Gasteiger partial charge in [0.05, 0.1) is 11.7 Å². The predicted octanol–water partition coefficient (Wildman–Crippen LogP) is 3.27. The first-order valence-corrected chi connectivity index (χ1v) is 8.39. The van der Waals surface area contributed by atoms with Crippen molar-refractivity contribution in [1.82, 2.24) is 5.32 Å². The van der Waals surface area contributed by atoms with Crippen LogP contribution >= 0.6 is 22.6 Å². The molecule has 3 nitrogen and oxygen atoms in total. The van der Waals surface area contributed by atoms with Gasteiger partial charge in [0.1, 0.15) is 0 Å². The van der Waals surface area contributed by atoms with Gasteiger partial charge in [0.2, 0.25) is 0 Å². The molecular formula is C16H22INO2. The van der Waals surface area contributed by atoms with E-state index in [0.717, 1.165) is 22.0 Å². The van der Waals surface area contributed by atoms with Gasteiger partial charge in [-0.2, -0.15) is 0 Å². The Bertz CT molecular complexity index is 470. The lowest BCUT2D eigenvalue weighted by Crippen LogP contribution is -2.37. The molecule has 1 aromatic rings. The molecule has 1 aliphatic rings. The Morgan fingerprint density at radius 2 is 2.10 bits per heavy atom. The first-order valence-electron chi connectivity index (χ1n) is 7.31. The molecule has 110 valence electrons. The number of halogens is 1. The first kappa shape index (κ1) is 15.8. The van der Waals surface area contributed by atoms with Crippen molar-refractivity contribution < 1.29 is 9.90 Å². The van der Waals surface area contributed by atoms with Crippen molar-refractivity contribution in [2.75, 3.05) is 6.54 Å². The van der Waals surface area contributed by atoms with Gasteiger partial charge in [0.15, 0.2) is 0 Å². The Morgan fingerprint density at radius 3 is 2.80 bits per heavy atom. The maximum absolute atomic E-state index is 12.2. The molecule has 1 aromatic carbocycles. The van der Waals surface area contributed by atoms with Crippen LogP contribution in [-0.4, -0.2) is 23.7 Å². The van der Waals surface area contributed by atoms with Crippen LogP contribution in [0.5, 0.6) is 0 Å². The number of aliphatic hydroxyl groups excluding tert-OH is 1. The van der Waals surface area contributed by atoms with Crippen LogP contribution in [0.25, 0.3) is 0 Å². The molecule has 2 rings (SSSR count). The molecule has 1 saturated carbocycles. The molecule has 2 N–H and O–H groups in total. The number of carbonyl (C=O) groups is 1. The van der Waals surface area contributed by atoms with Gasteiger partial charge in [-0.25, -0.2) is 0 Å². The summed E-state index contributed by atoms with van der Waals surface area (Å²) in [5.74, 6) is 0.258. The van der Waals surface area contributed by atoms with Gasteiger partial charge >= 0.3 is 0 Å². The molecule has 4 heteroatoms. The van der Waals surface area contributed by atoms with Crippen molar-refractivity contribution in [1.29, 1.82) is 0 Å². The van der Waals surface area contributed by atoms with Crippen LogP contribution in [0.2, 0.25) is 0 Å². The van der Waals surface area contributed by atoms with Crippen LogP contribution in [0.1, 0.15) is 48.0 Å². The summed E-state index contributed by atoms with van der Waals surface area (Å²) in [4.78, 5) is 12.2. The molecule has 0 aromatic heterocycles. The number of carbonyl (C=O) groups excluding carboxylic acids is 1. The highest BCUT2D eigenvalue weighted by molar-refractivity contribution is 14.1. The van der Waals surface area contributed by atoms with Crippen LogP contribution in [0.4, 0.5) is 0 Å². The second-order valence-corrected chi connectivity index (χ2v) is 6.69. The fourth-order valence-corrected chi connectivity index (χ4v) is 3.41. The Hall–Kier alpha value is -0.620. The number of hydrogen-bond donors (Lipinski definition) is 2. The fraction of sp³-hybridized carbons (Fsp3) is 0.562. The summed E-state index contributed by atoms with van der Waals surface area (Å²) >= 11 is 2.20. The van der Waals surface area contributed by atoms with E-state index in [1.807, 2.05) is 25.1 Å². The highest BCUT2D eigenvalue weighted by Gasteiger charge is 2.22. The second-order valence-electron chi connectivity index (χ2n) is 5.61. The van der Waals surface area contributed by atoms with Gasteiger partial charge in [-0.15, -0.1) is 0 Å². The molecule has 1 aliphatic carbocycles. The molecule has 0 unspecified atom stereocenters. The van der Waals surface area contributed by atoms with E-state index in [1.54, 1.807) is 0 Å². The monoisotopic (exact) mass is 387 g/mol. The van der Waals surface area contributed by atoms with Crippen molar-refractivity contribution in [3.63, 3.8) is 0 Å². The summed E-state index contributed by atoms with van der Waals surface area (Å²) in [5.41, 5.74) is 1.80. The molecular weight excluding hydrogens is 365 g/mol. The SMILES string of the molecule is Cc1cccc(C(=O)NC[C@@H](O)C2CCCCC2)c1I. The van der Waals surface area contributed by atoms with Crippen LogP contribution in [0.3, 0.4) is 0 Å². The van der Waals surface area contributed by atoms with Gasteiger partial charge in [-0.1, -0.05) is 31.4 Å². The largest absolute Gasteiger partial charge is 0.391 e. The highest BCUT2D eigenvalue weighted by Crippen LogP contribution is 2.26. The van der Waals surface area contributed by atoms with Gasteiger partial charge in [0, 0.05) is 10.1 Å². The highest BCUT2D eigenvalue weighted by atomic mass is 127. The number of rotatable bonds is 4. The summed E-state index contributed by atoms with van der Waals surface area (Å²) in [5, 5.41) is 13.0. The Labute approximate surface area is 134 Å². The fourth-order valence-electron chi connectivity index (χ4n) is 2.80. The quantitative estimate of drug-likeness (QED) is 0.780. The summed E-state index contributed by atoms with van der Waals surface area (Å²) in [6.07, 6.45) is 5.42. The maximum atomic E-state index is 12.2. The molecule has 0 bridgehead atoms. The Balaban J connectivity index is 1.89. The van der Waals surface area contributed by atoms with E-state index < -0.39 is 6.10 Å². The van der Waals surface area contributed by atoms with Crippen molar-refractivity contribution in [3.8, 4) is 0 Å². The number of aryl methyl sites for hydroxylation is 1. The lowest BCUT2D eigenvalue weighted by atomic mass is 9.85. The third kappa shape index (κ3) is 3.95. The average molecular weight is 387 g/mol. The summed E-state index contributed by atoms with van der Waals surface area (Å²) in [6.45, 7) is 2.35. The van der Waals surface area contributed by atoms with E-state index in [9.17, 15) is 9.90 Å². The van der Waals surface area contributed by atoms with Crippen molar-refractivity contribution in [3.05, 3.63) is 32.9 Å². The Morgan fingerprint density at radius 1 is 1.40 bits per heavy atom. The van der Waals surface area contributed by atoms with Crippen LogP contribution in [0, 0.1) is 16.4 Å². The molecule has 0 spiro atoms. The third-order valence-electron chi connectivity index (χ3n) is 4.10. The van der Waals surface area contributed by atoms with Crippen molar-refractivity contribution in [2.45, 2.75) is 45.1 Å². The van der Waals surface area contributed by atoms with E-state index in [-0.39, 0.29) is 5.91 Å². The minimum Gasteiger partial charge on any atom is -0.391 e. The first-order chi connectivity index (χ1) is 9.59. The molecule has 1 fully saturated rings. The van der Waals surface area contributed by atoms with Gasteiger partial charge in [-0.3, -0.25) is 4.79 Å². The molecule has 1 atom stereocenters. The van der Waals surface area contributed by atoms with Gasteiger partial charge < -0.3 is 10.4 Å². The summed E-state index contributed by atoms with van der Waals surface area (Å²) in [7, 11) is 0. The van der Waals surface area contributed by atoms with E-state index >= 15 is 0 Å². The number of nitrogens with one attached hydrogen (secondary N) is 1.